The van der Waals surface area contributed by atoms with Crippen LogP contribution >= 0.6 is 0 Å². The molecule has 3 heterocycles. The van der Waals surface area contributed by atoms with Crippen molar-refractivity contribution >= 4 is 27.8 Å². The molecule has 0 unspecified atom stereocenters. The summed E-state index contributed by atoms with van der Waals surface area (Å²) in [4.78, 5) is 9.99. The summed E-state index contributed by atoms with van der Waals surface area (Å²) in [6.07, 6.45) is 3.73. The van der Waals surface area contributed by atoms with Gasteiger partial charge in [-0.2, -0.15) is 0 Å². The van der Waals surface area contributed by atoms with Crippen LogP contribution in [0.4, 0.5) is 0 Å². The van der Waals surface area contributed by atoms with Gasteiger partial charge < -0.3 is 14.0 Å². The van der Waals surface area contributed by atoms with Crippen LogP contribution in [0.25, 0.3) is 38.8 Å². The first-order valence-corrected chi connectivity index (χ1v) is 17.8. The summed E-state index contributed by atoms with van der Waals surface area (Å²) in [5, 5.41) is 2.27. The SMILES string of the molecule is Cc1ccc2c(c1)c1cccnc1n2-c1[c-]c(Oc2[c-]c(C3=N[C@@H]4CCc5c(C)cccc5[C@@H]4O3)cc(-c3ccccc3)c2)cc(C(C)(C)C)c1.[Pt+2]. The van der Waals surface area contributed by atoms with Crippen molar-refractivity contribution < 1.29 is 30.5 Å². The first-order valence-electron chi connectivity index (χ1n) is 17.8. The van der Waals surface area contributed by atoms with E-state index in [1.807, 2.05) is 24.4 Å². The summed E-state index contributed by atoms with van der Waals surface area (Å²) in [6.45, 7) is 11.0. The zero-order valence-corrected chi connectivity index (χ0v) is 32.2. The number of hydrogen-bond donors (Lipinski definition) is 0. The standard InChI is InChI=1S/C46H39N3O2.Pt/c1-28-16-19-42-40(21-28)39-15-10-20-47-44(39)49(42)34-25-33(46(3,4)5)26-36(27-34)50-35-23-31(30-12-7-6-8-13-30)22-32(24-35)45-48-41-18-17-37-29(2)11-9-14-38(37)43(41)51-45;/h6-16,19-23,25-26,41,43H,17-18H2,1-5H3;/q-2;+2/t41-,43+;/m1./s1. The molecule has 6 heteroatoms. The first kappa shape index (κ1) is 34.1. The molecule has 5 aromatic carbocycles. The third-order valence-electron chi connectivity index (χ3n) is 10.3. The van der Waals surface area contributed by atoms with Gasteiger partial charge in [0, 0.05) is 28.5 Å². The molecule has 260 valence electrons. The van der Waals surface area contributed by atoms with Crippen LogP contribution in [-0.2, 0) is 37.6 Å². The van der Waals surface area contributed by atoms with E-state index in [9.17, 15) is 0 Å². The van der Waals surface area contributed by atoms with Crippen molar-refractivity contribution in [3.63, 3.8) is 0 Å². The van der Waals surface area contributed by atoms with Gasteiger partial charge in [-0.15, -0.1) is 29.8 Å². The predicted molar refractivity (Wildman–Crippen MR) is 205 cm³/mol. The fraction of sp³-hybridized carbons (Fsp3) is 0.217. The maximum Gasteiger partial charge on any atom is 2.00 e. The summed E-state index contributed by atoms with van der Waals surface area (Å²) in [5.41, 5.74) is 11.9. The van der Waals surface area contributed by atoms with Gasteiger partial charge in [0.05, 0.1) is 11.6 Å². The quantitative estimate of drug-likeness (QED) is 0.162. The number of aliphatic imine (C=N–C) groups is 1. The van der Waals surface area contributed by atoms with E-state index in [-0.39, 0.29) is 38.6 Å². The molecule has 0 spiro atoms. The number of fused-ring (bicyclic) bond motifs is 6. The maximum absolute atomic E-state index is 6.79. The normalized spacial score (nSPS) is 16.5. The number of ether oxygens (including phenoxy) is 2. The number of aryl methyl sites for hydroxylation is 2. The maximum atomic E-state index is 6.79. The average Bonchev–Trinajstić information content (AvgIpc) is 3.71. The van der Waals surface area contributed by atoms with Gasteiger partial charge in [0.2, 0.25) is 0 Å². The molecule has 2 aromatic heterocycles. The fourth-order valence-electron chi connectivity index (χ4n) is 7.66. The molecule has 0 amide bonds. The molecule has 0 fully saturated rings. The monoisotopic (exact) mass is 860 g/mol. The smallest absolute Gasteiger partial charge is 0.510 e. The molecule has 1 aliphatic carbocycles. The Morgan fingerprint density at radius 1 is 0.808 bits per heavy atom. The Bertz CT molecular complexity index is 2510. The topological polar surface area (TPSA) is 48.6 Å². The van der Waals surface area contributed by atoms with Gasteiger partial charge in [-0.25, -0.2) is 4.98 Å². The first-order chi connectivity index (χ1) is 24.7. The van der Waals surface area contributed by atoms with Crippen molar-refractivity contribution in [3.8, 4) is 28.3 Å². The number of rotatable bonds is 5. The number of benzene rings is 5. The minimum absolute atomic E-state index is 0. The summed E-state index contributed by atoms with van der Waals surface area (Å²) >= 11 is 0. The second kappa shape index (κ2) is 13.2. The van der Waals surface area contributed by atoms with E-state index in [0.29, 0.717) is 17.4 Å². The summed E-state index contributed by atoms with van der Waals surface area (Å²) in [5.74, 6) is 1.80. The minimum Gasteiger partial charge on any atom is -0.510 e. The number of pyridine rings is 1. The molecule has 7 aromatic rings. The van der Waals surface area contributed by atoms with E-state index in [0.717, 1.165) is 57.3 Å². The fourth-order valence-corrected chi connectivity index (χ4v) is 7.66. The van der Waals surface area contributed by atoms with Crippen molar-refractivity contribution in [2.45, 2.75) is 65.0 Å². The molecule has 0 radical (unpaired) electrons. The van der Waals surface area contributed by atoms with E-state index >= 15 is 0 Å². The van der Waals surface area contributed by atoms with Crippen molar-refractivity contribution in [1.29, 1.82) is 0 Å². The van der Waals surface area contributed by atoms with E-state index in [1.165, 1.54) is 27.6 Å². The molecule has 1 aliphatic heterocycles. The van der Waals surface area contributed by atoms with Gasteiger partial charge in [0.15, 0.2) is 0 Å². The third-order valence-corrected chi connectivity index (χ3v) is 10.3. The van der Waals surface area contributed by atoms with E-state index in [4.69, 9.17) is 19.5 Å². The second-order valence-electron chi connectivity index (χ2n) is 14.9. The van der Waals surface area contributed by atoms with Crippen LogP contribution in [0.2, 0.25) is 0 Å². The molecule has 0 N–H and O–H groups in total. The number of aromatic nitrogens is 2. The number of hydrogen-bond acceptors (Lipinski definition) is 4. The molecule has 2 atom stereocenters. The Morgan fingerprint density at radius 3 is 2.46 bits per heavy atom. The molecule has 9 rings (SSSR count). The summed E-state index contributed by atoms with van der Waals surface area (Å²) in [6, 6.07) is 43.3. The van der Waals surface area contributed by atoms with Crippen LogP contribution in [0.1, 0.15) is 66.7 Å². The van der Waals surface area contributed by atoms with Crippen LogP contribution in [0.5, 0.6) is 11.5 Å². The van der Waals surface area contributed by atoms with Crippen LogP contribution in [-0.4, -0.2) is 21.5 Å². The van der Waals surface area contributed by atoms with Gasteiger partial charge in [0.1, 0.15) is 17.6 Å². The van der Waals surface area contributed by atoms with Crippen LogP contribution in [0.15, 0.2) is 114 Å². The Balaban J connectivity index is 0.00000387. The van der Waals surface area contributed by atoms with Crippen molar-refractivity contribution in [2.24, 2.45) is 4.99 Å². The molecule has 52 heavy (non-hydrogen) atoms. The van der Waals surface area contributed by atoms with Gasteiger partial charge in [-0.3, -0.25) is 4.99 Å². The van der Waals surface area contributed by atoms with Gasteiger partial charge in [-0.05, 0) is 78.6 Å². The van der Waals surface area contributed by atoms with Gasteiger partial charge in [0.25, 0.3) is 0 Å². The Hall–Kier alpha value is -4.99. The Labute approximate surface area is 319 Å². The number of nitrogens with zero attached hydrogens (tertiary/aromatic N) is 3. The molecule has 5 nitrogen and oxygen atoms in total. The minimum atomic E-state index is -0.150. The van der Waals surface area contributed by atoms with E-state index in [2.05, 4.69) is 136 Å². The summed E-state index contributed by atoms with van der Waals surface area (Å²) in [7, 11) is 0. The Kier molecular flexibility index (Phi) is 8.66. The largest absolute Gasteiger partial charge is 2.00 e. The van der Waals surface area contributed by atoms with Crippen LogP contribution in [0.3, 0.4) is 0 Å². The zero-order chi connectivity index (χ0) is 34.9. The van der Waals surface area contributed by atoms with Crippen LogP contribution in [0, 0.1) is 26.0 Å². The van der Waals surface area contributed by atoms with E-state index < -0.39 is 0 Å². The average molecular weight is 861 g/mol. The molecular formula is C46H39N3O2Pt. The summed E-state index contributed by atoms with van der Waals surface area (Å²) < 4.78 is 15.7. The second-order valence-corrected chi connectivity index (χ2v) is 14.9. The van der Waals surface area contributed by atoms with E-state index in [1.54, 1.807) is 0 Å². The molecular weight excluding hydrogens is 822 g/mol. The molecule has 2 aliphatic rings. The Morgan fingerprint density at radius 2 is 1.63 bits per heavy atom. The van der Waals surface area contributed by atoms with Gasteiger partial charge in [-0.1, -0.05) is 110 Å². The van der Waals surface area contributed by atoms with Crippen LogP contribution < -0.4 is 4.74 Å². The zero-order valence-electron chi connectivity index (χ0n) is 29.9. The molecule has 0 bridgehead atoms. The van der Waals surface area contributed by atoms with Crippen molar-refractivity contribution in [2.75, 3.05) is 0 Å². The predicted octanol–water partition coefficient (Wildman–Crippen LogP) is 11.0. The van der Waals surface area contributed by atoms with Gasteiger partial charge >= 0.3 is 21.1 Å². The van der Waals surface area contributed by atoms with Crippen molar-refractivity contribution in [1.82, 2.24) is 9.55 Å². The van der Waals surface area contributed by atoms with Crippen molar-refractivity contribution in [3.05, 3.63) is 155 Å². The molecule has 0 saturated heterocycles. The third kappa shape index (κ3) is 6.05. The molecule has 0 saturated carbocycles.